The molecular formula is C16H22N4O4. The van der Waals surface area contributed by atoms with Crippen LogP contribution in [-0.2, 0) is 11.2 Å². The maximum absolute atomic E-state index is 12.1. The molecule has 2 rings (SSSR count). The fourth-order valence-electron chi connectivity index (χ4n) is 2.50. The minimum Gasteiger partial charge on any atom is -0.481 e. The van der Waals surface area contributed by atoms with E-state index in [2.05, 4.69) is 10.6 Å². The maximum Gasteiger partial charge on any atom is 0.321 e. The number of hydrogen-bond acceptors (Lipinski definition) is 3. The van der Waals surface area contributed by atoms with Crippen molar-refractivity contribution in [2.75, 3.05) is 36.9 Å². The molecule has 0 saturated heterocycles. The van der Waals surface area contributed by atoms with E-state index in [4.69, 9.17) is 5.11 Å². The average molecular weight is 334 g/mol. The standard InChI is InChI=1S/C16H22N4O4/c1-3-17-15(23)20-9-6-11-4-5-12(10-13(11)20)18-16(24)19(2)8-7-14(21)22/h4-5,10H,3,6-9H2,1-2H3,(H,17,23)(H,18,24)(H,21,22). The number of urea groups is 2. The van der Waals surface area contributed by atoms with Crippen LogP contribution in [0.4, 0.5) is 21.0 Å². The lowest BCUT2D eigenvalue weighted by Crippen LogP contribution is -2.38. The van der Waals surface area contributed by atoms with Crippen LogP contribution in [0.2, 0.25) is 0 Å². The van der Waals surface area contributed by atoms with Crippen LogP contribution in [0, 0.1) is 0 Å². The van der Waals surface area contributed by atoms with Crippen LogP contribution in [-0.4, -0.2) is 54.7 Å². The normalized spacial score (nSPS) is 12.5. The Bertz CT molecular complexity index is 647. The number of carbonyl (C=O) groups is 3. The van der Waals surface area contributed by atoms with E-state index in [1.807, 2.05) is 13.0 Å². The van der Waals surface area contributed by atoms with Gasteiger partial charge in [0.15, 0.2) is 0 Å². The number of hydrogen-bond donors (Lipinski definition) is 3. The Balaban J connectivity index is 2.05. The summed E-state index contributed by atoms with van der Waals surface area (Å²) in [4.78, 5) is 37.7. The molecule has 1 aliphatic rings. The topological polar surface area (TPSA) is 102 Å². The van der Waals surface area contributed by atoms with Crippen molar-refractivity contribution in [2.45, 2.75) is 19.8 Å². The third-order valence-corrected chi connectivity index (χ3v) is 3.81. The van der Waals surface area contributed by atoms with Gasteiger partial charge in [0, 0.05) is 32.4 Å². The molecule has 0 radical (unpaired) electrons. The van der Waals surface area contributed by atoms with Gasteiger partial charge in [-0.3, -0.25) is 9.69 Å². The summed E-state index contributed by atoms with van der Waals surface area (Å²) in [5.74, 6) is -0.954. The van der Waals surface area contributed by atoms with E-state index in [0.29, 0.717) is 18.8 Å². The molecule has 1 aromatic rings. The third-order valence-electron chi connectivity index (χ3n) is 3.81. The number of benzene rings is 1. The number of nitrogens with one attached hydrogen (secondary N) is 2. The second kappa shape index (κ2) is 7.67. The summed E-state index contributed by atoms with van der Waals surface area (Å²) in [6, 6.07) is 4.89. The zero-order chi connectivity index (χ0) is 17.7. The van der Waals surface area contributed by atoms with Crippen molar-refractivity contribution in [3.8, 4) is 0 Å². The summed E-state index contributed by atoms with van der Waals surface area (Å²) < 4.78 is 0. The fraction of sp³-hybridized carbons (Fsp3) is 0.438. The molecule has 0 fully saturated rings. The molecule has 0 aromatic heterocycles. The summed E-state index contributed by atoms with van der Waals surface area (Å²) >= 11 is 0. The smallest absolute Gasteiger partial charge is 0.321 e. The third kappa shape index (κ3) is 4.15. The highest BCUT2D eigenvalue weighted by atomic mass is 16.4. The number of fused-ring (bicyclic) bond motifs is 1. The van der Waals surface area contributed by atoms with Gasteiger partial charge in [0.1, 0.15) is 0 Å². The predicted molar refractivity (Wildman–Crippen MR) is 90.5 cm³/mol. The Morgan fingerprint density at radius 1 is 1.33 bits per heavy atom. The summed E-state index contributed by atoms with van der Waals surface area (Å²) in [7, 11) is 1.53. The molecule has 8 nitrogen and oxygen atoms in total. The molecule has 0 bridgehead atoms. The van der Waals surface area contributed by atoms with Crippen molar-refractivity contribution in [1.82, 2.24) is 10.2 Å². The van der Waals surface area contributed by atoms with Crippen molar-refractivity contribution < 1.29 is 19.5 Å². The Labute approximate surface area is 140 Å². The van der Waals surface area contributed by atoms with Gasteiger partial charge in [0.25, 0.3) is 0 Å². The van der Waals surface area contributed by atoms with E-state index in [0.717, 1.165) is 17.7 Å². The first kappa shape index (κ1) is 17.6. The molecule has 4 amide bonds. The van der Waals surface area contributed by atoms with Gasteiger partial charge in [-0.05, 0) is 31.0 Å². The number of carbonyl (C=O) groups excluding carboxylic acids is 2. The Hall–Kier alpha value is -2.77. The highest BCUT2D eigenvalue weighted by Gasteiger charge is 2.24. The minimum atomic E-state index is -0.954. The monoisotopic (exact) mass is 334 g/mol. The number of nitrogens with zero attached hydrogens (tertiary/aromatic N) is 2. The molecule has 8 heteroatoms. The average Bonchev–Trinajstić information content (AvgIpc) is 2.95. The van der Waals surface area contributed by atoms with Gasteiger partial charge < -0.3 is 20.6 Å². The summed E-state index contributed by atoms with van der Waals surface area (Å²) in [6.07, 6.45) is 0.665. The van der Waals surface area contributed by atoms with Crippen LogP contribution in [0.1, 0.15) is 18.9 Å². The highest BCUT2D eigenvalue weighted by molar-refractivity contribution is 5.96. The van der Waals surface area contributed by atoms with Crippen LogP contribution in [0.25, 0.3) is 0 Å². The first-order chi connectivity index (χ1) is 11.4. The largest absolute Gasteiger partial charge is 0.481 e. The molecule has 0 unspecified atom stereocenters. The SMILES string of the molecule is CCNC(=O)N1CCc2ccc(NC(=O)N(C)CCC(=O)O)cc21. The summed E-state index contributed by atoms with van der Waals surface area (Å²) in [5, 5.41) is 14.2. The molecule has 24 heavy (non-hydrogen) atoms. The van der Waals surface area contributed by atoms with E-state index in [9.17, 15) is 14.4 Å². The lowest BCUT2D eigenvalue weighted by Gasteiger charge is -2.20. The van der Waals surface area contributed by atoms with Crippen LogP contribution < -0.4 is 15.5 Å². The summed E-state index contributed by atoms with van der Waals surface area (Å²) in [6.45, 7) is 3.14. The second-order valence-electron chi connectivity index (χ2n) is 5.58. The van der Waals surface area contributed by atoms with Crippen molar-refractivity contribution in [1.29, 1.82) is 0 Å². The number of carboxylic acids is 1. The van der Waals surface area contributed by atoms with E-state index in [-0.39, 0.29) is 19.0 Å². The van der Waals surface area contributed by atoms with Crippen molar-refractivity contribution in [3.63, 3.8) is 0 Å². The molecule has 130 valence electrons. The van der Waals surface area contributed by atoms with Gasteiger partial charge >= 0.3 is 18.0 Å². The second-order valence-corrected chi connectivity index (χ2v) is 5.58. The number of carboxylic acid groups (broad SMARTS) is 1. The molecule has 1 aromatic carbocycles. The van der Waals surface area contributed by atoms with Gasteiger partial charge in [-0.15, -0.1) is 0 Å². The molecule has 1 heterocycles. The van der Waals surface area contributed by atoms with E-state index in [1.165, 1.54) is 11.9 Å². The molecule has 1 aliphatic heterocycles. The van der Waals surface area contributed by atoms with Crippen molar-refractivity contribution in [3.05, 3.63) is 23.8 Å². The zero-order valence-corrected chi connectivity index (χ0v) is 13.8. The van der Waals surface area contributed by atoms with Gasteiger partial charge in [-0.25, -0.2) is 9.59 Å². The Morgan fingerprint density at radius 3 is 2.75 bits per heavy atom. The van der Waals surface area contributed by atoms with Gasteiger partial charge in [-0.1, -0.05) is 6.07 Å². The first-order valence-corrected chi connectivity index (χ1v) is 7.84. The zero-order valence-electron chi connectivity index (χ0n) is 13.8. The van der Waals surface area contributed by atoms with E-state index in [1.54, 1.807) is 17.0 Å². The molecule has 0 spiro atoms. The number of amides is 4. The lowest BCUT2D eigenvalue weighted by molar-refractivity contribution is -0.137. The van der Waals surface area contributed by atoms with Gasteiger partial charge in [-0.2, -0.15) is 0 Å². The fourth-order valence-corrected chi connectivity index (χ4v) is 2.50. The molecule has 0 saturated carbocycles. The van der Waals surface area contributed by atoms with Crippen molar-refractivity contribution in [2.24, 2.45) is 0 Å². The van der Waals surface area contributed by atoms with Crippen LogP contribution >= 0.6 is 0 Å². The molecule has 0 atom stereocenters. The first-order valence-electron chi connectivity index (χ1n) is 7.84. The van der Waals surface area contributed by atoms with Crippen molar-refractivity contribution >= 4 is 29.4 Å². The Kier molecular flexibility index (Phi) is 5.62. The highest BCUT2D eigenvalue weighted by Crippen LogP contribution is 2.30. The number of aliphatic carboxylic acids is 1. The number of rotatable bonds is 5. The molecule has 3 N–H and O–H groups in total. The minimum absolute atomic E-state index is 0.112. The van der Waals surface area contributed by atoms with E-state index >= 15 is 0 Å². The predicted octanol–water partition coefficient (Wildman–Crippen LogP) is 1.72. The van der Waals surface area contributed by atoms with E-state index < -0.39 is 12.0 Å². The maximum atomic E-state index is 12.1. The summed E-state index contributed by atoms with van der Waals surface area (Å²) in [5.41, 5.74) is 2.41. The molecule has 0 aliphatic carbocycles. The lowest BCUT2D eigenvalue weighted by atomic mass is 10.1. The van der Waals surface area contributed by atoms with Crippen LogP contribution in [0.3, 0.4) is 0 Å². The Morgan fingerprint density at radius 2 is 2.08 bits per heavy atom. The quantitative estimate of drug-likeness (QED) is 0.763. The number of anilines is 2. The van der Waals surface area contributed by atoms with Crippen LogP contribution in [0.15, 0.2) is 18.2 Å². The van der Waals surface area contributed by atoms with Gasteiger partial charge in [0.05, 0.1) is 12.1 Å². The van der Waals surface area contributed by atoms with Gasteiger partial charge in [0.2, 0.25) is 0 Å². The van der Waals surface area contributed by atoms with Crippen LogP contribution in [0.5, 0.6) is 0 Å². The molecular weight excluding hydrogens is 312 g/mol.